The molecule has 28 heavy (non-hydrogen) atoms. The summed E-state index contributed by atoms with van der Waals surface area (Å²) in [4.78, 5) is 27.6. The number of likely N-dealkylation sites (tertiary alicyclic amines) is 1. The Kier molecular flexibility index (Phi) is 7.30. The highest BCUT2D eigenvalue weighted by Gasteiger charge is 2.41. The number of carbonyl (C=O) groups excluding carboxylic acids is 2. The van der Waals surface area contributed by atoms with Crippen molar-refractivity contribution in [1.29, 1.82) is 0 Å². The van der Waals surface area contributed by atoms with E-state index in [1.165, 1.54) is 0 Å². The molecule has 2 atom stereocenters. The monoisotopic (exact) mass is 506 g/mol. The minimum absolute atomic E-state index is 0.0353. The smallest absolute Gasteiger partial charge is 0.226 e. The Morgan fingerprint density at radius 1 is 1.07 bits per heavy atom. The topological polar surface area (TPSA) is 49.4 Å². The first-order valence-corrected chi connectivity index (χ1v) is 11.2. The minimum Gasteiger partial charge on any atom is -0.342 e. The molecule has 1 heterocycles. The van der Waals surface area contributed by atoms with Crippen LogP contribution in [0.2, 0.25) is 0 Å². The average molecular weight is 508 g/mol. The van der Waals surface area contributed by atoms with E-state index in [2.05, 4.69) is 44.1 Å². The Labute approximate surface area is 182 Å². The molecule has 0 bridgehead atoms. The van der Waals surface area contributed by atoms with E-state index in [-0.39, 0.29) is 30.1 Å². The summed E-state index contributed by atoms with van der Waals surface area (Å²) < 4.78 is 1.96. The van der Waals surface area contributed by atoms with Crippen molar-refractivity contribution >= 4 is 49.4 Å². The van der Waals surface area contributed by atoms with E-state index < -0.39 is 0 Å². The van der Waals surface area contributed by atoms with Gasteiger partial charge >= 0.3 is 0 Å². The molecule has 0 saturated carbocycles. The van der Waals surface area contributed by atoms with Gasteiger partial charge in [0.15, 0.2) is 0 Å². The lowest BCUT2D eigenvalue weighted by Gasteiger charge is -2.17. The van der Waals surface area contributed by atoms with E-state index >= 15 is 0 Å². The van der Waals surface area contributed by atoms with Crippen molar-refractivity contribution in [2.45, 2.75) is 32.1 Å². The van der Waals surface area contributed by atoms with Crippen LogP contribution in [0.4, 0.5) is 5.69 Å². The van der Waals surface area contributed by atoms with Gasteiger partial charge in [0.2, 0.25) is 11.8 Å². The zero-order chi connectivity index (χ0) is 20.1. The van der Waals surface area contributed by atoms with Gasteiger partial charge < -0.3 is 10.2 Å². The van der Waals surface area contributed by atoms with Gasteiger partial charge in [0, 0.05) is 40.1 Å². The van der Waals surface area contributed by atoms with Gasteiger partial charge in [-0.2, -0.15) is 0 Å². The van der Waals surface area contributed by atoms with Gasteiger partial charge in [0.25, 0.3) is 0 Å². The number of nitrogens with zero attached hydrogens (tertiary/aromatic N) is 1. The van der Waals surface area contributed by atoms with Crippen molar-refractivity contribution in [3.63, 3.8) is 0 Å². The van der Waals surface area contributed by atoms with Crippen LogP contribution in [0, 0.1) is 5.92 Å². The molecule has 1 N–H and O–H groups in total. The Morgan fingerprint density at radius 3 is 2.29 bits per heavy atom. The first-order valence-electron chi connectivity index (χ1n) is 9.57. The number of amides is 2. The van der Waals surface area contributed by atoms with Crippen LogP contribution in [0.5, 0.6) is 0 Å². The highest BCUT2D eigenvalue weighted by molar-refractivity contribution is 9.10. The van der Waals surface area contributed by atoms with Crippen molar-refractivity contribution in [1.82, 2.24) is 4.90 Å². The first kappa shape index (κ1) is 21.1. The number of hydrogen-bond donors (Lipinski definition) is 1. The quantitative estimate of drug-likeness (QED) is 0.531. The second-order valence-electron chi connectivity index (χ2n) is 7.16. The minimum atomic E-state index is -0.325. The van der Waals surface area contributed by atoms with Crippen molar-refractivity contribution in [3.05, 3.63) is 63.0 Å². The number of hydrogen-bond acceptors (Lipinski definition) is 2. The van der Waals surface area contributed by atoms with E-state index in [9.17, 15) is 9.59 Å². The lowest BCUT2D eigenvalue weighted by Crippen LogP contribution is -2.30. The van der Waals surface area contributed by atoms with Gasteiger partial charge in [0.1, 0.15) is 0 Å². The normalized spacial score (nSPS) is 19.1. The predicted molar refractivity (Wildman–Crippen MR) is 119 cm³/mol. The fraction of sp³-hybridized carbons (Fsp3) is 0.364. The van der Waals surface area contributed by atoms with Crippen molar-refractivity contribution in [3.8, 4) is 0 Å². The van der Waals surface area contributed by atoms with Crippen LogP contribution in [0.25, 0.3) is 0 Å². The maximum atomic E-state index is 13.0. The molecule has 0 aliphatic carbocycles. The fourth-order valence-corrected chi connectivity index (χ4v) is 4.16. The standard InChI is InChI=1S/C22H24Br2N2O2/c1-2-3-12-26-14-20(15-4-6-16(23)7-5-15)19(22(26)28)13-21(27)25-18-10-8-17(24)9-11-18/h4-11,19-20H,2-3,12-14H2,1H3,(H,25,27)/t19-,20-/m1/s1. The molecule has 2 aromatic rings. The molecule has 1 fully saturated rings. The molecule has 0 unspecified atom stereocenters. The molecule has 0 spiro atoms. The fourth-order valence-electron chi connectivity index (χ4n) is 3.63. The number of benzene rings is 2. The SMILES string of the molecule is CCCCN1C[C@H](c2ccc(Br)cc2)[C@@H](CC(=O)Nc2ccc(Br)cc2)C1=O. The highest BCUT2D eigenvalue weighted by Crippen LogP contribution is 2.36. The van der Waals surface area contributed by atoms with Gasteiger partial charge in [-0.25, -0.2) is 0 Å². The molecule has 6 heteroatoms. The number of unbranched alkanes of at least 4 members (excludes halogenated alkanes) is 1. The van der Waals surface area contributed by atoms with Gasteiger partial charge in [-0.05, 0) is 48.4 Å². The van der Waals surface area contributed by atoms with Gasteiger partial charge in [0.05, 0.1) is 5.92 Å². The molecule has 0 aromatic heterocycles. The molecule has 2 amide bonds. The highest BCUT2D eigenvalue weighted by atomic mass is 79.9. The third-order valence-corrected chi connectivity index (χ3v) is 6.20. The summed E-state index contributed by atoms with van der Waals surface area (Å²) >= 11 is 6.85. The van der Waals surface area contributed by atoms with E-state index in [1.54, 1.807) is 0 Å². The Bertz CT molecular complexity index is 821. The van der Waals surface area contributed by atoms with Gasteiger partial charge in [-0.1, -0.05) is 57.3 Å². The largest absolute Gasteiger partial charge is 0.342 e. The number of anilines is 1. The van der Waals surface area contributed by atoms with Crippen molar-refractivity contribution in [2.75, 3.05) is 18.4 Å². The Balaban J connectivity index is 1.75. The molecule has 0 radical (unpaired) electrons. The van der Waals surface area contributed by atoms with E-state index in [0.29, 0.717) is 6.54 Å². The molecule has 4 nitrogen and oxygen atoms in total. The third-order valence-electron chi connectivity index (χ3n) is 5.14. The van der Waals surface area contributed by atoms with E-state index in [4.69, 9.17) is 0 Å². The van der Waals surface area contributed by atoms with Crippen LogP contribution in [0.1, 0.15) is 37.7 Å². The van der Waals surface area contributed by atoms with Crippen molar-refractivity contribution in [2.24, 2.45) is 5.92 Å². The lowest BCUT2D eigenvalue weighted by molar-refractivity contribution is -0.133. The number of carbonyl (C=O) groups is 2. The van der Waals surface area contributed by atoms with E-state index in [0.717, 1.165) is 39.6 Å². The number of halogens is 2. The summed E-state index contributed by atoms with van der Waals surface area (Å²) in [5.41, 5.74) is 1.85. The second kappa shape index (κ2) is 9.70. The van der Waals surface area contributed by atoms with Crippen LogP contribution in [-0.2, 0) is 9.59 Å². The van der Waals surface area contributed by atoms with Crippen LogP contribution in [0.3, 0.4) is 0 Å². The van der Waals surface area contributed by atoms with Crippen LogP contribution >= 0.6 is 31.9 Å². The maximum Gasteiger partial charge on any atom is 0.226 e. The van der Waals surface area contributed by atoms with Crippen LogP contribution < -0.4 is 5.32 Å². The maximum absolute atomic E-state index is 13.0. The molecule has 3 rings (SSSR count). The predicted octanol–water partition coefficient (Wildman–Crippen LogP) is 5.58. The number of nitrogens with one attached hydrogen (secondary N) is 1. The summed E-state index contributed by atoms with van der Waals surface area (Å²) in [6.45, 7) is 3.56. The van der Waals surface area contributed by atoms with E-state index in [1.807, 2.05) is 53.4 Å². The van der Waals surface area contributed by atoms with Gasteiger partial charge in [-0.3, -0.25) is 9.59 Å². The molecule has 1 aliphatic heterocycles. The summed E-state index contributed by atoms with van der Waals surface area (Å²) in [7, 11) is 0. The Hall–Kier alpha value is -1.66. The van der Waals surface area contributed by atoms with Gasteiger partial charge in [-0.15, -0.1) is 0 Å². The summed E-state index contributed by atoms with van der Waals surface area (Å²) in [6, 6.07) is 15.5. The molecule has 1 aliphatic rings. The zero-order valence-electron chi connectivity index (χ0n) is 15.8. The molecular formula is C22H24Br2N2O2. The summed E-state index contributed by atoms with van der Waals surface area (Å²) in [5, 5.41) is 2.92. The first-order chi connectivity index (χ1) is 13.5. The molecular weight excluding hydrogens is 484 g/mol. The average Bonchev–Trinajstić information content (AvgIpc) is 2.98. The third kappa shape index (κ3) is 5.23. The molecule has 1 saturated heterocycles. The second-order valence-corrected chi connectivity index (χ2v) is 8.99. The summed E-state index contributed by atoms with van der Waals surface area (Å²) in [5.74, 6) is -0.325. The molecule has 2 aromatic carbocycles. The van der Waals surface area contributed by atoms with Crippen LogP contribution in [0.15, 0.2) is 57.5 Å². The lowest BCUT2D eigenvalue weighted by atomic mass is 9.86. The Morgan fingerprint density at radius 2 is 1.68 bits per heavy atom. The number of rotatable bonds is 7. The van der Waals surface area contributed by atoms with Crippen LogP contribution in [-0.4, -0.2) is 29.8 Å². The molecule has 148 valence electrons. The van der Waals surface area contributed by atoms with Crippen molar-refractivity contribution < 1.29 is 9.59 Å². The zero-order valence-corrected chi connectivity index (χ0v) is 19.0. The summed E-state index contributed by atoms with van der Waals surface area (Å²) in [6.07, 6.45) is 2.22.